The fourth-order valence-electron chi connectivity index (χ4n) is 7.84. The molecule has 4 nitrogen and oxygen atoms in total. The summed E-state index contributed by atoms with van der Waals surface area (Å²) in [7, 11) is 0. The van der Waals surface area contributed by atoms with Gasteiger partial charge in [-0.1, -0.05) is 41.5 Å². The highest BCUT2D eigenvalue weighted by Crippen LogP contribution is 2.63. The lowest BCUT2D eigenvalue weighted by molar-refractivity contribution is -0.0693. The summed E-state index contributed by atoms with van der Waals surface area (Å²) in [5, 5.41) is 15.3. The number of nitrogens with zero attached hydrogens (tertiary/aromatic N) is 2. The molecule has 1 aromatic rings. The Balaban J connectivity index is 1.65. The maximum absolute atomic E-state index is 10.5. The van der Waals surface area contributed by atoms with Crippen molar-refractivity contribution in [3.05, 3.63) is 17.5 Å². The van der Waals surface area contributed by atoms with Crippen LogP contribution in [0.15, 0.2) is 6.20 Å². The lowest BCUT2D eigenvalue weighted by Gasteiger charge is -2.56. The van der Waals surface area contributed by atoms with Crippen LogP contribution >= 0.6 is 0 Å². The minimum absolute atomic E-state index is 0.106. The van der Waals surface area contributed by atoms with Crippen molar-refractivity contribution >= 4 is 0 Å². The maximum atomic E-state index is 10.5. The van der Waals surface area contributed by atoms with Gasteiger partial charge in [0.2, 0.25) is 0 Å². The van der Waals surface area contributed by atoms with Gasteiger partial charge in [0.15, 0.2) is 0 Å². The van der Waals surface area contributed by atoms with E-state index in [-0.39, 0.29) is 17.4 Å². The van der Waals surface area contributed by atoms with Gasteiger partial charge in [0.1, 0.15) is 0 Å². The van der Waals surface area contributed by atoms with Crippen molar-refractivity contribution < 1.29 is 5.11 Å². The summed E-state index contributed by atoms with van der Waals surface area (Å²) in [5.41, 5.74) is 10.0. The third kappa shape index (κ3) is 3.46. The summed E-state index contributed by atoms with van der Waals surface area (Å²) >= 11 is 0. The first-order valence-corrected chi connectivity index (χ1v) is 12.4. The van der Waals surface area contributed by atoms with E-state index in [1.54, 1.807) is 0 Å². The second-order valence-corrected chi connectivity index (χ2v) is 12.7. The van der Waals surface area contributed by atoms with Gasteiger partial charge in [-0.3, -0.25) is 4.68 Å². The molecule has 1 heterocycles. The fraction of sp³-hybridized carbons (Fsp3) is 0.885. The van der Waals surface area contributed by atoms with Crippen molar-refractivity contribution in [2.75, 3.05) is 13.2 Å². The first kappa shape index (κ1) is 22.3. The lowest BCUT2D eigenvalue weighted by atomic mass is 9.49. The Labute approximate surface area is 184 Å². The van der Waals surface area contributed by atoms with Crippen LogP contribution in [0.5, 0.6) is 0 Å². The fourth-order valence-corrected chi connectivity index (χ4v) is 7.84. The van der Waals surface area contributed by atoms with Crippen LogP contribution in [0.3, 0.4) is 0 Å². The molecule has 30 heavy (non-hydrogen) atoms. The first-order chi connectivity index (χ1) is 14.0. The average molecular weight is 416 g/mol. The molecule has 2 fully saturated rings. The molecule has 5 unspecified atom stereocenters. The molecule has 0 saturated heterocycles. The molecule has 0 bridgehead atoms. The van der Waals surface area contributed by atoms with E-state index in [4.69, 9.17) is 10.8 Å². The molecule has 7 atom stereocenters. The Hall–Kier alpha value is -0.870. The molecular formula is C26H45N3O. The predicted molar refractivity (Wildman–Crippen MR) is 123 cm³/mol. The van der Waals surface area contributed by atoms with E-state index in [0.717, 1.165) is 37.8 Å². The zero-order valence-corrected chi connectivity index (χ0v) is 20.2. The second-order valence-electron chi connectivity index (χ2n) is 12.7. The van der Waals surface area contributed by atoms with E-state index in [9.17, 15) is 5.11 Å². The predicted octanol–water partition coefficient (Wildman–Crippen LogP) is 4.68. The van der Waals surface area contributed by atoms with E-state index in [0.29, 0.717) is 23.2 Å². The minimum Gasteiger partial charge on any atom is -0.396 e. The standard InChI is InChI=1S/C26H45N3O/c1-17-7-8-21-20(13-27)22(9-10-25(17,21)5)26(6)12-18-14-28-29(16-24(2,3)4)23(18)11-19(26)15-30/h14,17,19-22,30H,7-13,15-16,27H2,1-6H3/t17?,19-,20?,21?,22?,25?,26+/m1/s1. The second kappa shape index (κ2) is 7.62. The molecule has 0 aromatic carbocycles. The Morgan fingerprint density at radius 2 is 1.87 bits per heavy atom. The number of aliphatic hydroxyl groups is 1. The van der Waals surface area contributed by atoms with E-state index in [1.165, 1.54) is 36.9 Å². The van der Waals surface area contributed by atoms with Gasteiger partial charge in [-0.25, -0.2) is 0 Å². The SMILES string of the molecule is CC1CCC2C(CN)C([C@@]3(C)Cc4cnn(CC(C)(C)C)c4C[C@@H]3CO)CCC12C. The highest BCUT2D eigenvalue weighted by Gasteiger charge is 2.57. The third-order valence-electron chi connectivity index (χ3n) is 9.85. The Morgan fingerprint density at radius 1 is 1.17 bits per heavy atom. The van der Waals surface area contributed by atoms with Crippen LogP contribution in [-0.2, 0) is 19.4 Å². The molecule has 3 N–H and O–H groups in total. The van der Waals surface area contributed by atoms with E-state index >= 15 is 0 Å². The van der Waals surface area contributed by atoms with Gasteiger partial charge < -0.3 is 10.8 Å². The van der Waals surface area contributed by atoms with Gasteiger partial charge in [0.05, 0.1) is 6.20 Å². The van der Waals surface area contributed by atoms with Crippen molar-refractivity contribution in [1.29, 1.82) is 0 Å². The molecule has 0 aliphatic heterocycles. The Morgan fingerprint density at radius 3 is 2.50 bits per heavy atom. The van der Waals surface area contributed by atoms with E-state index in [2.05, 4.69) is 52.4 Å². The Kier molecular flexibility index (Phi) is 5.67. The minimum atomic E-state index is 0.106. The smallest absolute Gasteiger partial charge is 0.0524 e. The van der Waals surface area contributed by atoms with Gasteiger partial charge in [-0.2, -0.15) is 5.10 Å². The van der Waals surface area contributed by atoms with Crippen LogP contribution < -0.4 is 5.73 Å². The molecule has 3 aliphatic carbocycles. The summed E-state index contributed by atoms with van der Waals surface area (Å²) in [4.78, 5) is 0. The molecule has 2 saturated carbocycles. The van der Waals surface area contributed by atoms with Crippen LogP contribution in [-0.4, -0.2) is 28.0 Å². The molecule has 3 aliphatic rings. The molecule has 0 radical (unpaired) electrons. The van der Waals surface area contributed by atoms with Crippen LogP contribution in [0.4, 0.5) is 0 Å². The van der Waals surface area contributed by atoms with Gasteiger partial charge in [-0.05, 0) is 96.5 Å². The van der Waals surface area contributed by atoms with Crippen molar-refractivity contribution in [2.45, 2.75) is 86.6 Å². The van der Waals surface area contributed by atoms with Crippen LogP contribution in [0.1, 0.15) is 78.5 Å². The average Bonchev–Trinajstić information content (AvgIpc) is 3.18. The Bertz CT molecular complexity index is 765. The molecule has 170 valence electrons. The zero-order chi connectivity index (χ0) is 21.9. The van der Waals surface area contributed by atoms with Crippen molar-refractivity contribution in [2.24, 2.45) is 51.6 Å². The van der Waals surface area contributed by atoms with E-state index in [1.807, 2.05) is 0 Å². The monoisotopic (exact) mass is 415 g/mol. The van der Waals surface area contributed by atoms with Crippen molar-refractivity contribution in [3.8, 4) is 0 Å². The molecular weight excluding hydrogens is 370 g/mol. The molecule has 0 spiro atoms. The number of hydrogen-bond donors (Lipinski definition) is 2. The van der Waals surface area contributed by atoms with Crippen molar-refractivity contribution in [3.63, 3.8) is 0 Å². The van der Waals surface area contributed by atoms with Gasteiger partial charge >= 0.3 is 0 Å². The molecule has 4 heteroatoms. The highest BCUT2D eigenvalue weighted by molar-refractivity contribution is 5.26. The normalized spacial score (nSPS) is 41.5. The topological polar surface area (TPSA) is 64.1 Å². The van der Waals surface area contributed by atoms with Crippen LogP contribution in [0.2, 0.25) is 0 Å². The van der Waals surface area contributed by atoms with Gasteiger partial charge in [0, 0.05) is 18.8 Å². The van der Waals surface area contributed by atoms with Crippen LogP contribution in [0.25, 0.3) is 0 Å². The number of aromatic nitrogens is 2. The van der Waals surface area contributed by atoms with E-state index < -0.39 is 0 Å². The third-order valence-corrected chi connectivity index (χ3v) is 9.85. The molecule has 1 aromatic heterocycles. The largest absolute Gasteiger partial charge is 0.396 e. The quantitative estimate of drug-likeness (QED) is 0.750. The van der Waals surface area contributed by atoms with Crippen LogP contribution in [0, 0.1) is 45.8 Å². The summed E-state index contributed by atoms with van der Waals surface area (Å²) in [5.74, 6) is 3.04. The number of fused-ring (bicyclic) bond motifs is 2. The summed E-state index contributed by atoms with van der Waals surface area (Å²) in [6, 6.07) is 0. The van der Waals surface area contributed by atoms with Crippen molar-refractivity contribution in [1.82, 2.24) is 9.78 Å². The number of hydrogen-bond acceptors (Lipinski definition) is 3. The lowest BCUT2D eigenvalue weighted by Crippen LogP contribution is -2.53. The van der Waals surface area contributed by atoms with Gasteiger partial charge in [-0.15, -0.1) is 0 Å². The maximum Gasteiger partial charge on any atom is 0.0524 e. The number of nitrogens with two attached hydrogens (primary N) is 1. The molecule has 0 amide bonds. The number of aliphatic hydroxyl groups excluding tert-OH is 1. The zero-order valence-electron chi connectivity index (χ0n) is 20.2. The summed E-state index contributed by atoms with van der Waals surface area (Å²) in [6.07, 6.45) is 9.39. The molecule has 4 rings (SSSR count). The number of rotatable bonds is 4. The van der Waals surface area contributed by atoms with Gasteiger partial charge in [0.25, 0.3) is 0 Å². The summed E-state index contributed by atoms with van der Waals surface area (Å²) < 4.78 is 2.22. The highest BCUT2D eigenvalue weighted by atomic mass is 16.3. The summed E-state index contributed by atoms with van der Waals surface area (Å²) in [6.45, 7) is 16.3. The first-order valence-electron chi connectivity index (χ1n) is 12.4.